The van der Waals surface area contributed by atoms with Crippen LogP contribution < -0.4 is 4.74 Å². The van der Waals surface area contributed by atoms with Gasteiger partial charge in [0.15, 0.2) is 0 Å². The van der Waals surface area contributed by atoms with Gasteiger partial charge in [0.1, 0.15) is 5.75 Å². The lowest BCUT2D eigenvalue weighted by atomic mass is 10.0. The SMILES string of the molecule is COc1ccc(CC(Cl)CCc2ccccc2C)cc1. The number of hydrogen-bond donors (Lipinski definition) is 0. The monoisotopic (exact) mass is 288 g/mol. The topological polar surface area (TPSA) is 9.23 Å². The number of benzene rings is 2. The van der Waals surface area contributed by atoms with E-state index in [9.17, 15) is 0 Å². The van der Waals surface area contributed by atoms with Gasteiger partial charge in [0.25, 0.3) is 0 Å². The molecule has 0 N–H and O–H groups in total. The molecule has 2 aromatic carbocycles. The Balaban J connectivity index is 1.86. The molecule has 0 saturated carbocycles. The zero-order chi connectivity index (χ0) is 14.4. The highest BCUT2D eigenvalue weighted by atomic mass is 35.5. The summed E-state index contributed by atoms with van der Waals surface area (Å²) >= 11 is 6.46. The molecule has 2 heteroatoms. The number of aryl methyl sites for hydroxylation is 2. The van der Waals surface area contributed by atoms with E-state index in [1.54, 1.807) is 7.11 Å². The van der Waals surface area contributed by atoms with E-state index in [2.05, 4.69) is 43.3 Å². The van der Waals surface area contributed by atoms with Gasteiger partial charge in [-0.1, -0.05) is 36.4 Å². The van der Waals surface area contributed by atoms with Gasteiger partial charge >= 0.3 is 0 Å². The Morgan fingerprint density at radius 1 is 1.05 bits per heavy atom. The van der Waals surface area contributed by atoms with Crippen molar-refractivity contribution in [2.45, 2.75) is 31.6 Å². The van der Waals surface area contributed by atoms with Crippen LogP contribution >= 0.6 is 11.6 Å². The van der Waals surface area contributed by atoms with E-state index in [1.807, 2.05) is 12.1 Å². The van der Waals surface area contributed by atoms with Crippen molar-refractivity contribution < 1.29 is 4.74 Å². The quantitative estimate of drug-likeness (QED) is 0.695. The maximum atomic E-state index is 6.46. The molecule has 1 unspecified atom stereocenters. The van der Waals surface area contributed by atoms with E-state index < -0.39 is 0 Å². The second-order valence-corrected chi connectivity index (χ2v) is 5.73. The summed E-state index contributed by atoms with van der Waals surface area (Å²) in [5.74, 6) is 0.889. The van der Waals surface area contributed by atoms with E-state index >= 15 is 0 Å². The normalized spacial score (nSPS) is 12.2. The van der Waals surface area contributed by atoms with Gasteiger partial charge in [0.05, 0.1) is 7.11 Å². The highest BCUT2D eigenvalue weighted by molar-refractivity contribution is 6.20. The van der Waals surface area contributed by atoms with Crippen molar-refractivity contribution in [2.75, 3.05) is 7.11 Å². The molecule has 1 nitrogen and oxygen atoms in total. The highest BCUT2D eigenvalue weighted by Crippen LogP contribution is 2.18. The molecule has 0 radical (unpaired) electrons. The standard InChI is InChI=1S/C18H21ClO/c1-14-5-3-4-6-16(14)9-10-17(19)13-15-7-11-18(20-2)12-8-15/h3-8,11-12,17H,9-10,13H2,1-2H3. The molecule has 0 aliphatic heterocycles. The summed E-state index contributed by atoms with van der Waals surface area (Å²) in [6, 6.07) is 16.7. The number of methoxy groups -OCH3 is 1. The highest BCUT2D eigenvalue weighted by Gasteiger charge is 2.07. The Hall–Kier alpha value is -1.47. The van der Waals surface area contributed by atoms with Crippen molar-refractivity contribution in [1.82, 2.24) is 0 Å². The van der Waals surface area contributed by atoms with Gasteiger partial charge in [-0.15, -0.1) is 11.6 Å². The van der Waals surface area contributed by atoms with Crippen LogP contribution in [0.4, 0.5) is 0 Å². The minimum Gasteiger partial charge on any atom is -0.497 e. The minimum atomic E-state index is 0.169. The van der Waals surface area contributed by atoms with Gasteiger partial charge in [-0.05, 0) is 55.0 Å². The first-order valence-corrected chi connectivity index (χ1v) is 7.44. The molecule has 106 valence electrons. The van der Waals surface area contributed by atoms with Crippen LogP contribution in [-0.2, 0) is 12.8 Å². The maximum absolute atomic E-state index is 6.46. The van der Waals surface area contributed by atoms with Crippen molar-refractivity contribution in [1.29, 1.82) is 0 Å². The largest absolute Gasteiger partial charge is 0.497 e. The lowest BCUT2D eigenvalue weighted by molar-refractivity contribution is 0.414. The molecule has 0 aromatic heterocycles. The Bertz CT molecular complexity index is 533. The van der Waals surface area contributed by atoms with Crippen molar-refractivity contribution in [3.05, 3.63) is 65.2 Å². The number of hydrogen-bond acceptors (Lipinski definition) is 1. The van der Waals surface area contributed by atoms with Crippen molar-refractivity contribution >= 4 is 11.6 Å². The Morgan fingerprint density at radius 3 is 2.40 bits per heavy atom. The molecule has 20 heavy (non-hydrogen) atoms. The molecular formula is C18H21ClO. The fraction of sp³-hybridized carbons (Fsp3) is 0.333. The lowest BCUT2D eigenvalue weighted by Gasteiger charge is -2.11. The van der Waals surface area contributed by atoms with E-state index in [4.69, 9.17) is 16.3 Å². The predicted octanol–water partition coefficient (Wildman–Crippen LogP) is 4.79. The molecule has 0 aliphatic carbocycles. The lowest BCUT2D eigenvalue weighted by Crippen LogP contribution is -2.05. The van der Waals surface area contributed by atoms with E-state index in [0.29, 0.717) is 0 Å². The van der Waals surface area contributed by atoms with Crippen LogP contribution in [0.15, 0.2) is 48.5 Å². The zero-order valence-corrected chi connectivity index (χ0v) is 12.9. The minimum absolute atomic E-state index is 0.169. The Kier molecular flexibility index (Phi) is 5.49. The first-order chi connectivity index (χ1) is 9.69. The van der Waals surface area contributed by atoms with E-state index in [-0.39, 0.29) is 5.38 Å². The van der Waals surface area contributed by atoms with Crippen LogP contribution in [0, 0.1) is 6.92 Å². The molecule has 0 fully saturated rings. The van der Waals surface area contributed by atoms with Gasteiger partial charge in [-0.2, -0.15) is 0 Å². The Morgan fingerprint density at radius 2 is 1.75 bits per heavy atom. The maximum Gasteiger partial charge on any atom is 0.118 e. The van der Waals surface area contributed by atoms with Crippen LogP contribution in [-0.4, -0.2) is 12.5 Å². The number of rotatable bonds is 6. The summed E-state index contributed by atoms with van der Waals surface area (Å²) in [5, 5.41) is 0.169. The Labute approximate surface area is 126 Å². The van der Waals surface area contributed by atoms with Crippen molar-refractivity contribution in [3.63, 3.8) is 0 Å². The molecular weight excluding hydrogens is 268 g/mol. The van der Waals surface area contributed by atoms with Crippen LogP contribution in [0.2, 0.25) is 0 Å². The second kappa shape index (κ2) is 7.35. The van der Waals surface area contributed by atoms with Gasteiger partial charge < -0.3 is 4.74 Å². The average molecular weight is 289 g/mol. The first kappa shape index (κ1) is 14.9. The van der Waals surface area contributed by atoms with Crippen LogP contribution in [0.5, 0.6) is 5.75 Å². The summed E-state index contributed by atoms with van der Waals surface area (Å²) in [4.78, 5) is 0. The van der Waals surface area contributed by atoms with E-state index in [1.165, 1.54) is 16.7 Å². The molecule has 0 saturated heterocycles. The fourth-order valence-electron chi connectivity index (χ4n) is 2.32. The van der Waals surface area contributed by atoms with Gasteiger partial charge in [-0.3, -0.25) is 0 Å². The summed E-state index contributed by atoms with van der Waals surface area (Å²) in [6.07, 6.45) is 2.94. The third kappa shape index (κ3) is 4.28. The van der Waals surface area contributed by atoms with Gasteiger partial charge in [0, 0.05) is 5.38 Å². The van der Waals surface area contributed by atoms with Gasteiger partial charge in [0.2, 0.25) is 0 Å². The van der Waals surface area contributed by atoms with E-state index in [0.717, 1.165) is 25.0 Å². The molecule has 2 aromatic rings. The fourth-order valence-corrected chi connectivity index (χ4v) is 2.61. The summed E-state index contributed by atoms with van der Waals surface area (Å²) < 4.78 is 5.16. The summed E-state index contributed by atoms with van der Waals surface area (Å²) in [5.41, 5.74) is 4.00. The molecule has 0 heterocycles. The number of ether oxygens (including phenoxy) is 1. The molecule has 0 spiro atoms. The van der Waals surface area contributed by atoms with Crippen LogP contribution in [0.1, 0.15) is 23.1 Å². The second-order valence-electron chi connectivity index (χ2n) is 5.11. The van der Waals surface area contributed by atoms with Gasteiger partial charge in [-0.25, -0.2) is 0 Å². The molecule has 1 atom stereocenters. The smallest absolute Gasteiger partial charge is 0.118 e. The van der Waals surface area contributed by atoms with Crippen LogP contribution in [0.25, 0.3) is 0 Å². The molecule has 0 amide bonds. The predicted molar refractivity (Wildman–Crippen MR) is 85.8 cm³/mol. The third-order valence-corrected chi connectivity index (χ3v) is 3.98. The van der Waals surface area contributed by atoms with Crippen LogP contribution in [0.3, 0.4) is 0 Å². The zero-order valence-electron chi connectivity index (χ0n) is 12.1. The number of alkyl halides is 1. The van der Waals surface area contributed by atoms with Crippen molar-refractivity contribution in [2.24, 2.45) is 0 Å². The average Bonchev–Trinajstić information content (AvgIpc) is 2.47. The van der Waals surface area contributed by atoms with Crippen molar-refractivity contribution in [3.8, 4) is 5.75 Å². The third-order valence-electron chi connectivity index (χ3n) is 3.60. The molecule has 0 bridgehead atoms. The first-order valence-electron chi connectivity index (χ1n) is 7.00. The molecule has 2 rings (SSSR count). The number of halogens is 1. The molecule has 0 aliphatic rings. The summed E-state index contributed by atoms with van der Waals surface area (Å²) in [6.45, 7) is 2.15. The summed E-state index contributed by atoms with van der Waals surface area (Å²) in [7, 11) is 1.68.